The van der Waals surface area contributed by atoms with Crippen LogP contribution >= 0.6 is 0 Å². The Morgan fingerprint density at radius 2 is 1.61 bits per heavy atom. The Morgan fingerprint density at radius 3 is 2.36 bits per heavy atom. The number of phenols is 1. The van der Waals surface area contributed by atoms with Crippen LogP contribution in [-0.4, -0.2) is 42.1 Å². The highest BCUT2D eigenvalue weighted by molar-refractivity contribution is 7.89. The summed E-state index contributed by atoms with van der Waals surface area (Å²) in [4.78, 5) is 15.7. The molecule has 0 radical (unpaired) electrons. The number of aromatic hydroxyl groups is 1. The normalized spacial score (nSPS) is 13.5. The predicted octanol–water partition coefficient (Wildman–Crippen LogP) is 2.68. The summed E-state index contributed by atoms with van der Waals surface area (Å²) >= 11 is 0. The molecule has 1 heterocycles. The van der Waals surface area contributed by atoms with Crippen LogP contribution in [0.1, 0.15) is 22.0 Å². The van der Waals surface area contributed by atoms with E-state index in [0.717, 1.165) is 10.9 Å². The van der Waals surface area contributed by atoms with Crippen LogP contribution in [-0.2, 0) is 10.0 Å². The standard InChI is InChI=1S/C24H23N3O5S/c28-22-13-7-5-11-18(22)24(30)26-15-21(27-33(31,32)16-8-2-1-3-9-16)23(29)19-14-25-20-12-6-4-10-17(19)20/h1-14,21,23,25,27-29H,15H2,(H,26,30). The highest BCUT2D eigenvalue weighted by atomic mass is 32.2. The smallest absolute Gasteiger partial charge is 0.255 e. The number of hydrogen-bond donors (Lipinski definition) is 5. The quantitative estimate of drug-likeness (QED) is 0.273. The number of phenolic OH excluding ortho intramolecular Hbond substituents is 1. The number of para-hydroxylation sites is 2. The van der Waals surface area contributed by atoms with Crippen LogP contribution in [0.25, 0.3) is 10.9 Å². The SMILES string of the molecule is O=C(NCC(NS(=O)(=O)c1ccccc1)C(O)c1c[nH]c2ccccc12)c1ccccc1O. The van der Waals surface area contributed by atoms with Gasteiger partial charge in [-0.3, -0.25) is 4.79 Å². The Labute approximate surface area is 191 Å². The minimum Gasteiger partial charge on any atom is -0.507 e. The average Bonchev–Trinajstić information content (AvgIpc) is 3.26. The van der Waals surface area contributed by atoms with Crippen molar-refractivity contribution in [2.75, 3.05) is 6.54 Å². The number of fused-ring (bicyclic) bond motifs is 1. The summed E-state index contributed by atoms with van der Waals surface area (Å²) in [5.74, 6) is -0.795. The highest BCUT2D eigenvalue weighted by Gasteiger charge is 2.29. The Hall–Kier alpha value is -3.66. The van der Waals surface area contributed by atoms with E-state index in [1.807, 2.05) is 24.3 Å². The second kappa shape index (κ2) is 9.45. The molecule has 0 aliphatic rings. The van der Waals surface area contributed by atoms with Crippen molar-refractivity contribution in [1.82, 2.24) is 15.0 Å². The van der Waals surface area contributed by atoms with E-state index in [0.29, 0.717) is 5.56 Å². The van der Waals surface area contributed by atoms with Crippen molar-refractivity contribution in [3.8, 4) is 5.75 Å². The number of hydrogen-bond acceptors (Lipinski definition) is 5. The lowest BCUT2D eigenvalue weighted by atomic mass is 10.0. The van der Waals surface area contributed by atoms with Crippen LogP contribution in [0.15, 0.2) is 90.0 Å². The van der Waals surface area contributed by atoms with Gasteiger partial charge in [-0.05, 0) is 30.3 Å². The molecule has 0 fully saturated rings. The molecule has 4 aromatic rings. The first kappa shape index (κ1) is 22.5. The summed E-state index contributed by atoms with van der Waals surface area (Å²) in [7, 11) is -3.99. The lowest BCUT2D eigenvalue weighted by Crippen LogP contribution is -2.47. The largest absolute Gasteiger partial charge is 0.507 e. The third kappa shape index (κ3) is 4.90. The molecule has 3 aromatic carbocycles. The van der Waals surface area contributed by atoms with E-state index in [4.69, 9.17) is 0 Å². The van der Waals surface area contributed by atoms with Crippen molar-refractivity contribution in [3.63, 3.8) is 0 Å². The maximum Gasteiger partial charge on any atom is 0.255 e. The molecule has 0 aliphatic heterocycles. The molecule has 170 valence electrons. The third-order valence-electron chi connectivity index (χ3n) is 5.31. The fourth-order valence-electron chi connectivity index (χ4n) is 3.60. The van der Waals surface area contributed by atoms with Crippen molar-refractivity contribution < 1.29 is 23.4 Å². The van der Waals surface area contributed by atoms with E-state index in [9.17, 15) is 23.4 Å². The number of sulfonamides is 1. The Bertz CT molecular complexity index is 1370. The zero-order valence-electron chi connectivity index (χ0n) is 17.5. The summed E-state index contributed by atoms with van der Waals surface area (Å²) < 4.78 is 28.4. The zero-order chi connectivity index (χ0) is 23.4. The van der Waals surface area contributed by atoms with Crippen molar-refractivity contribution in [2.45, 2.75) is 17.0 Å². The second-order valence-electron chi connectivity index (χ2n) is 7.50. The Balaban J connectivity index is 1.63. The van der Waals surface area contributed by atoms with Crippen molar-refractivity contribution in [2.24, 2.45) is 0 Å². The number of aliphatic hydroxyl groups is 1. The number of aliphatic hydroxyl groups excluding tert-OH is 1. The number of nitrogens with one attached hydrogen (secondary N) is 3. The second-order valence-corrected chi connectivity index (χ2v) is 9.22. The van der Waals surface area contributed by atoms with Gasteiger partial charge in [0.15, 0.2) is 0 Å². The predicted molar refractivity (Wildman–Crippen MR) is 124 cm³/mol. The van der Waals surface area contributed by atoms with E-state index in [1.54, 1.807) is 36.5 Å². The molecule has 1 aromatic heterocycles. The molecule has 1 amide bonds. The van der Waals surface area contributed by atoms with Gasteiger partial charge in [0, 0.05) is 29.2 Å². The van der Waals surface area contributed by atoms with Gasteiger partial charge >= 0.3 is 0 Å². The molecule has 33 heavy (non-hydrogen) atoms. The van der Waals surface area contributed by atoms with Gasteiger partial charge in [0.25, 0.3) is 5.91 Å². The molecular formula is C24H23N3O5S. The topological polar surface area (TPSA) is 132 Å². The zero-order valence-corrected chi connectivity index (χ0v) is 18.3. The van der Waals surface area contributed by atoms with E-state index in [1.165, 1.54) is 24.3 Å². The molecule has 4 rings (SSSR count). The first-order valence-corrected chi connectivity index (χ1v) is 11.7. The van der Waals surface area contributed by atoms with Gasteiger partial charge in [0.05, 0.1) is 22.6 Å². The summed E-state index contributed by atoms with van der Waals surface area (Å²) in [5.41, 5.74) is 1.32. The fourth-order valence-corrected chi connectivity index (χ4v) is 4.87. The molecule has 2 atom stereocenters. The molecule has 0 aliphatic carbocycles. The summed E-state index contributed by atoms with van der Waals surface area (Å²) in [6, 6.07) is 20.0. The van der Waals surface area contributed by atoms with Gasteiger partial charge in [-0.15, -0.1) is 0 Å². The molecule has 9 heteroatoms. The molecule has 0 bridgehead atoms. The number of amides is 1. The molecule has 0 saturated carbocycles. The minimum atomic E-state index is -3.99. The minimum absolute atomic E-state index is 0.0353. The Morgan fingerprint density at radius 1 is 0.939 bits per heavy atom. The Kier molecular flexibility index (Phi) is 6.45. The van der Waals surface area contributed by atoms with Crippen molar-refractivity contribution in [3.05, 3.63) is 96.2 Å². The number of aromatic amines is 1. The summed E-state index contributed by atoms with van der Waals surface area (Å²) in [6.07, 6.45) is 0.341. The van der Waals surface area contributed by atoms with Gasteiger partial charge in [-0.2, -0.15) is 0 Å². The van der Waals surface area contributed by atoms with E-state index in [-0.39, 0.29) is 22.8 Å². The van der Waals surface area contributed by atoms with Gasteiger partial charge in [0.2, 0.25) is 10.0 Å². The van der Waals surface area contributed by atoms with Crippen LogP contribution in [0.4, 0.5) is 0 Å². The maximum atomic E-state index is 13.0. The summed E-state index contributed by atoms with van der Waals surface area (Å²) in [5, 5.41) is 24.4. The van der Waals surface area contributed by atoms with Crippen LogP contribution in [0.5, 0.6) is 5.75 Å². The fraction of sp³-hybridized carbons (Fsp3) is 0.125. The number of rotatable bonds is 8. The van der Waals surface area contributed by atoms with E-state index < -0.39 is 28.1 Å². The lowest BCUT2D eigenvalue weighted by Gasteiger charge is -2.24. The van der Waals surface area contributed by atoms with Crippen molar-refractivity contribution in [1.29, 1.82) is 0 Å². The van der Waals surface area contributed by atoms with Crippen LogP contribution in [0.3, 0.4) is 0 Å². The number of H-pyrrole nitrogens is 1. The van der Waals surface area contributed by atoms with Gasteiger partial charge < -0.3 is 20.5 Å². The van der Waals surface area contributed by atoms with Crippen LogP contribution < -0.4 is 10.0 Å². The number of aromatic nitrogens is 1. The monoisotopic (exact) mass is 465 g/mol. The van der Waals surface area contributed by atoms with Gasteiger partial charge in [0.1, 0.15) is 5.75 Å². The maximum absolute atomic E-state index is 13.0. The molecule has 0 spiro atoms. The van der Waals surface area contributed by atoms with E-state index in [2.05, 4.69) is 15.0 Å². The lowest BCUT2D eigenvalue weighted by molar-refractivity contribution is 0.0924. The molecule has 5 N–H and O–H groups in total. The molecule has 0 saturated heterocycles. The number of benzene rings is 3. The van der Waals surface area contributed by atoms with Gasteiger partial charge in [-0.1, -0.05) is 48.5 Å². The van der Waals surface area contributed by atoms with Gasteiger partial charge in [-0.25, -0.2) is 13.1 Å². The summed E-state index contributed by atoms with van der Waals surface area (Å²) in [6.45, 7) is -0.222. The first-order valence-electron chi connectivity index (χ1n) is 10.2. The van der Waals surface area contributed by atoms with Crippen molar-refractivity contribution >= 4 is 26.8 Å². The third-order valence-corrected chi connectivity index (χ3v) is 6.82. The molecule has 8 nitrogen and oxygen atoms in total. The average molecular weight is 466 g/mol. The van der Waals surface area contributed by atoms with E-state index >= 15 is 0 Å². The number of carbonyl (C=O) groups is 1. The molecule has 2 unspecified atom stereocenters. The highest BCUT2D eigenvalue weighted by Crippen LogP contribution is 2.27. The molecular weight excluding hydrogens is 442 g/mol. The van der Waals surface area contributed by atoms with Crippen LogP contribution in [0.2, 0.25) is 0 Å². The number of carbonyl (C=O) groups excluding carboxylic acids is 1. The van der Waals surface area contributed by atoms with Crippen LogP contribution in [0, 0.1) is 0 Å². The first-order chi connectivity index (χ1) is 15.9.